The van der Waals surface area contributed by atoms with Gasteiger partial charge in [0.05, 0.1) is 6.61 Å². The predicted molar refractivity (Wildman–Crippen MR) is 53.7 cm³/mol. The second-order valence-electron chi connectivity index (χ2n) is 3.06. The van der Waals surface area contributed by atoms with E-state index in [9.17, 15) is 4.79 Å². The van der Waals surface area contributed by atoms with Gasteiger partial charge >= 0.3 is 0 Å². The van der Waals surface area contributed by atoms with Gasteiger partial charge in [0.15, 0.2) is 0 Å². The van der Waals surface area contributed by atoms with E-state index in [1.807, 2.05) is 6.92 Å². The third-order valence-electron chi connectivity index (χ3n) is 1.97. The van der Waals surface area contributed by atoms with Gasteiger partial charge in [-0.1, -0.05) is 13.3 Å². The molecule has 0 unspecified atom stereocenters. The third-order valence-corrected chi connectivity index (χ3v) is 1.97. The van der Waals surface area contributed by atoms with Gasteiger partial charge in [-0.25, -0.2) is 0 Å². The molecule has 0 radical (unpaired) electrons. The first kappa shape index (κ1) is 12.4. The summed E-state index contributed by atoms with van der Waals surface area (Å²) in [5.74, 6) is 0.126. The largest absolute Gasteiger partial charge is 0.380 e. The number of ether oxygens (including phenoxy) is 1. The number of amides is 1. The van der Waals surface area contributed by atoms with Crippen molar-refractivity contribution in [3.8, 4) is 0 Å². The first-order valence-corrected chi connectivity index (χ1v) is 5.05. The molecule has 3 heteroatoms. The molecule has 3 nitrogen and oxygen atoms in total. The Hall–Kier alpha value is -0.570. The van der Waals surface area contributed by atoms with Gasteiger partial charge in [-0.2, -0.15) is 0 Å². The fraction of sp³-hybridized carbons (Fsp3) is 0.900. The molecule has 1 amide bonds. The molecule has 0 aromatic rings. The number of nitrogens with zero attached hydrogens (tertiary/aromatic N) is 1. The predicted octanol–water partition coefficient (Wildman–Crippen LogP) is 1.67. The lowest BCUT2D eigenvalue weighted by atomic mass is 10.4. The monoisotopic (exact) mass is 187 g/mol. The van der Waals surface area contributed by atoms with Crippen molar-refractivity contribution in [2.75, 3.05) is 26.3 Å². The van der Waals surface area contributed by atoms with Crippen molar-refractivity contribution in [2.45, 2.75) is 33.6 Å². The van der Waals surface area contributed by atoms with Gasteiger partial charge < -0.3 is 9.64 Å². The fourth-order valence-electron chi connectivity index (χ4n) is 1.06. The van der Waals surface area contributed by atoms with Crippen LogP contribution in [0, 0.1) is 0 Å². The Labute approximate surface area is 81.1 Å². The Morgan fingerprint density at radius 1 is 1.31 bits per heavy atom. The SMILES string of the molecule is CCCCOCCN(CC)C(C)=O. The fourth-order valence-corrected chi connectivity index (χ4v) is 1.06. The number of unbranched alkanes of at least 4 members (excludes halogenated alkanes) is 1. The van der Waals surface area contributed by atoms with Gasteiger partial charge in [-0.15, -0.1) is 0 Å². The number of hydrogen-bond acceptors (Lipinski definition) is 2. The number of likely N-dealkylation sites (N-methyl/N-ethyl adjacent to an activating group) is 1. The average molecular weight is 187 g/mol. The average Bonchev–Trinajstić information content (AvgIpc) is 2.10. The highest BCUT2D eigenvalue weighted by molar-refractivity contribution is 5.73. The lowest BCUT2D eigenvalue weighted by molar-refractivity contribution is -0.129. The lowest BCUT2D eigenvalue weighted by Gasteiger charge is -2.18. The first-order chi connectivity index (χ1) is 6.22. The van der Waals surface area contributed by atoms with Crippen LogP contribution in [0.2, 0.25) is 0 Å². The van der Waals surface area contributed by atoms with E-state index in [0.29, 0.717) is 6.61 Å². The molecule has 0 bridgehead atoms. The Kier molecular flexibility index (Phi) is 7.69. The van der Waals surface area contributed by atoms with Crippen LogP contribution in [0.5, 0.6) is 0 Å². The third kappa shape index (κ3) is 6.58. The number of carbonyl (C=O) groups excluding carboxylic acids is 1. The minimum absolute atomic E-state index is 0.126. The zero-order valence-corrected chi connectivity index (χ0v) is 9.01. The van der Waals surface area contributed by atoms with Crippen LogP contribution in [-0.4, -0.2) is 37.1 Å². The van der Waals surface area contributed by atoms with Gasteiger partial charge in [-0.05, 0) is 13.3 Å². The van der Waals surface area contributed by atoms with Gasteiger partial charge in [-0.3, -0.25) is 4.79 Å². The van der Waals surface area contributed by atoms with E-state index in [1.165, 1.54) is 0 Å². The maximum absolute atomic E-state index is 11.0. The molecule has 0 saturated carbocycles. The van der Waals surface area contributed by atoms with Crippen LogP contribution in [0.1, 0.15) is 33.6 Å². The van der Waals surface area contributed by atoms with E-state index >= 15 is 0 Å². The summed E-state index contributed by atoms with van der Waals surface area (Å²) in [7, 11) is 0. The second-order valence-corrected chi connectivity index (χ2v) is 3.06. The zero-order valence-electron chi connectivity index (χ0n) is 9.01. The highest BCUT2D eigenvalue weighted by atomic mass is 16.5. The van der Waals surface area contributed by atoms with E-state index < -0.39 is 0 Å². The van der Waals surface area contributed by atoms with Crippen LogP contribution >= 0.6 is 0 Å². The summed E-state index contributed by atoms with van der Waals surface area (Å²) in [6, 6.07) is 0. The van der Waals surface area contributed by atoms with Crippen molar-refractivity contribution >= 4 is 5.91 Å². The standard InChI is InChI=1S/C10H21NO2/c1-4-6-8-13-9-7-11(5-2)10(3)12/h4-9H2,1-3H3. The summed E-state index contributed by atoms with van der Waals surface area (Å²) in [6.07, 6.45) is 2.26. The van der Waals surface area contributed by atoms with Crippen molar-refractivity contribution in [1.82, 2.24) is 4.90 Å². The molecule has 0 N–H and O–H groups in total. The minimum atomic E-state index is 0.126. The molecule has 0 aromatic heterocycles. The quantitative estimate of drug-likeness (QED) is 0.567. The van der Waals surface area contributed by atoms with Gasteiger partial charge in [0.25, 0.3) is 0 Å². The van der Waals surface area contributed by atoms with Crippen LogP contribution in [-0.2, 0) is 9.53 Å². The van der Waals surface area contributed by atoms with E-state index in [1.54, 1.807) is 11.8 Å². The highest BCUT2D eigenvalue weighted by Crippen LogP contribution is 1.91. The van der Waals surface area contributed by atoms with Crippen molar-refractivity contribution in [3.05, 3.63) is 0 Å². The minimum Gasteiger partial charge on any atom is -0.380 e. The molecule has 0 aliphatic heterocycles. The van der Waals surface area contributed by atoms with E-state index in [-0.39, 0.29) is 5.91 Å². The molecule has 0 aromatic carbocycles. The zero-order chi connectivity index (χ0) is 10.1. The summed E-state index contributed by atoms with van der Waals surface area (Å²) >= 11 is 0. The van der Waals surface area contributed by atoms with Crippen LogP contribution < -0.4 is 0 Å². The van der Waals surface area contributed by atoms with Crippen molar-refractivity contribution in [3.63, 3.8) is 0 Å². The summed E-state index contributed by atoms with van der Waals surface area (Å²) in [5.41, 5.74) is 0. The molecule has 0 aliphatic carbocycles. The summed E-state index contributed by atoms with van der Waals surface area (Å²) < 4.78 is 5.36. The van der Waals surface area contributed by atoms with Crippen LogP contribution in [0.4, 0.5) is 0 Å². The Morgan fingerprint density at radius 3 is 2.46 bits per heavy atom. The molecule has 0 spiro atoms. The molecular formula is C10H21NO2. The summed E-state index contributed by atoms with van der Waals surface area (Å²) in [6.45, 7) is 8.67. The smallest absolute Gasteiger partial charge is 0.219 e. The Morgan fingerprint density at radius 2 is 2.00 bits per heavy atom. The first-order valence-electron chi connectivity index (χ1n) is 5.05. The maximum atomic E-state index is 11.0. The topological polar surface area (TPSA) is 29.5 Å². The second kappa shape index (κ2) is 8.05. The molecular weight excluding hydrogens is 166 g/mol. The molecule has 0 rings (SSSR count). The summed E-state index contributed by atoms with van der Waals surface area (Å²) in [5, 5.41) is 0. The Bertz CT molecular complexity index is 137. The maximum Gasteiger partial charge on any atom is 0.219 e. The lowest BCUT2D eigenvalue weighted by Crippen LogP contribution is -2.31. The highest BCUT2D eigenvalue weighted by Gasteiger charge is 2.04. The van der Waals surface area contributed by atoms with Crippen molar-refractivity contribution < 1.29 is 9.53 Å². The normalized spacial score (nSPS) is 10.1. The van der Waals surface area contributed by atoms with Gasteiger partial charge in [0.2, 0.25) is 5.91 Å². The van der Waals surface area contributed by atoms with E-state index in [2.05, 4.69) is 6.92 Å². The molecule has 78 valence electrons. The molecule has 0 saturated heterocycles. The van der Waals surface area contributed by atoms with Crippen molar-refractivity contribution in [2.24, 2.45) is 0 Å². The molecule has 0 aliphatic rings. The van der Waals surface area contributed by atoms with E-state index in [4.69, 9.17) is 4.74 Å². The van der Waals surface area contributed by atoms with Gasteiger partial charge in [0, 0.05) is 26.6 Å². The number of rotatable bonds is 7. The van der Waals surface area contributed by atoms with Crippen LogP contribution in [0.25, 0.3) is 0 Å². The molecule has 0 atom stereocenters. The van der Waals surface area contributed by atoms with E-state index in [0.717, 1.165) is 32.5 Å². The summed E-state index contributed by atoms with van der Waals surface area (Å²) in [4.78, 5) is 12.7. The molecule has 0 heterocycles. The molecule has 0 fully saturated rings. The Balaban J connectivity index is 3.33. The molecule has 13 heavy (non-hydrogen) atoms. The van der Waals surface area contributed by atoms with Gasteiger partial charge in [0.1, 0.15) is 0 Å². The van der Waals surface area contributed by atoms with Crippen LogP contribution in [0.3, 0.4) is 0 Å². The van der Waals surface area contributed by atoms with Crippen LogP contribution in [0.15, 0.2) is 0 Å². The number of hydrogen-bond donors (Lipinski definition) is 0. The number of carbonyl (C=O) groups is 1. The van der Waals surface area contributed by atoms with Crippen molar-refractivity contribution in [1.29, 1.82) is 0 Å².